The molecule has 7 nitrogen and oxygen atoms in total. The first-order valence-corrected chi connectivity index (χ1v) is 11.4. The maximum absolute atomic E-state index is 5.73. The quantitative estimate of drug-likeness (QED) is 0.311. The molecular formula is C21H35IN6OS. The van der Waals surface area contributed by atoms with E-state index in [0.29, 0.717) is 12.5 Å². The van der Waals surface area contributed by atoms with E-state index >= 15 is 0 Å². The number of aromatic nitrogens is 2. The van der Waals surface area contributed by atoms with Crippen LogP contribution in [0.15, 0.2) is 9.41 Å². The summed E-state index contributed by atoms with van der Waals surface area (Å²) in [7, 11) is 0. The molecule has 2 N–H and O–H groups in total. The van der Waals surface area contributed by atoms with Crippen molar-refractivity contribution in [3.05, 3.63) is 32.9 Å². The fourth-order valence-corrected chi connectivity index (χ4v) is 4.46. The number of thiazole rings is 1. The molecule has 9 heteroatoms. The van der Waals surface area contributed by atoms with E-state index in [2.05, 4.69) is 39.3 Å². The van der Waals surface area contributed by atoms with Gasteiger partial charge in [0.2, 0.25) is 5.89 Å². The molecule has 0 amide bonds. The van der Waals surface area contributed by atoms with Crippen LogP contribution >= 0.6 is 35.3 Å². The molecule has 1 aliphatic heterocycles. The zero-order valence-electron chi connectivity index (χ0n) is 18.7. The monoisotopic (exact) mass is 546 g/mol. The van der Waals surface area contributed by atoms with Gasteiger partial charge in [0, 0.05) is 18.0 Å². The number of likely N-dealkylation sites (tertiary alicyclic amines) is 1. The molecule has 0 bridgehead atoms. The highest BCUT2D eigenvalue weighted by molar-refractivity contribution is 14.0. The molecular weight excluding hydrogens is 511 g/mol. The number of nitrogens with one attached hydrogen (secondary N) is 2. The largest absolute Gasteiger partial charge is 0.444 e. The Morgan fingerprint density at radius 2 is 1.87 bits per heavy atom. The Hall–Kier alpha value is -1.20. The number of rotatable bonds is 7. The first-order chi connectivity index (χ1) is 13.9. The molecule has 2 aromatic heterocycles. The topological polar surface area (TPSA) is 78.6 Å². The number of aryl methyl sites for hydroxylation is 4. The third-order valence-corrected chi connectivity index (χ3v) is 6.48. The third-order valence-electron chi connectivity index (χ3n) is 5.42. The molecule has 168 valence electrons. The van der Waals surface area contributed by atoms with Crippen LogP contribution in [0.1, 0.15) is 52.7 Å². The van der Waals surface area contributed by atoms with E-state index < -0.39 is 0 Å². The van der Waals surface area contributed by atoms with Gasteiger partial charge >= 0.3 is 0 Å². The van der Waals surface area contributed by atoms with Crippen LogP contribution < -0.4 is 10.6 Å². The van der Waals surface area contributed by atoms with Gasteiger partial charge in [-0.2, -0.15) is 0 Å². The maximum atomic E-state index is 5.73. The predicted octanol–water partition coefficient (Wildman–Crippen LogP) is 3.95. The molecule has 0 unspecified atom stereocenters. The van der Waals surface area contributed by atoms with Gasteiger partial charge in [0.1, 0.15) is 5.76 Å². The lowest BCUT2D eigenvalue weighted by Crippen LogP contribution is -2.42. The molecule has 0 aliphatic carbocycles. The number of oxazole rings is 1. The smallest absolute Gasteiger partial charge is 0.208 e. The molecule has 3 rings (SSSR count). The molecule has 0 spiro atoms. The lowest BCUT2D eigenvalue weighted by atomic mass is 9.97. The second-order valence-corrected chi connectivity index (χ2v) is 9.07. The Bertz CT molecular complexity index is 806. The Morgan fingerprint density at radius 1 is 1.13 bits per heavy atom. The van der Waals surface area contributed by atoms with Crippen LogP contribution in [0.3, 0.4) is 0 Å². The molecule has 30 heavy (non-hydrogen) atoms. The van der Waals surface area contributed by atoms with E-state index in [1.165, 1.54) is 17.7 Å². The van der Waals surface area contributed by atoms with Crippen LogP contribution in [0.5, 0.6) is 0 Å². The van der Waals surface area contributed by atoms with Crippen molar-refractivity contribution in [3.8, 4) is 0 Å². The van der Waals surface area contributed by atoms with Crippen LogP contribution in [0.25, 0.3) is 0 Å². The number of hydrogen-bond acceptors (Lipinski definition) is 6. The Kier molecular flexibility index (Phi) is 10.0. The van der Waals surface area contributed by atoms with Crippen molar-refractivity contribution >= 4 is 41.3 Å². The third kappa shape index (κ3) is 7.19. The second kappa shape index (κ2) is 12.0. The summed E-state index contributed by atoms with van der Waals surface area (Å²) in [6, 6.07) is 0. The SMILES string of the molecule is CCNC(=NCc1sc(C)nc1C)NCC1CCN(Cc2nc(C)c(C)o2)CC1.I. The summed E-state index contributed by atoms with van der Waals surface area (Å²) in [4.78, 5) is 17.4. The molecule has 1 aliphatic rings. The number of guanidine groups is 1. The summed E-state index contributed by atoms with van der Waals surface area (Å²) in [6.07, 6.45) is 2.36. The lowest BCUT2D eigenvalue weighted by molar-refractivity contribution is 0.164. The minimum atomic E-state index is 0. The summed E-state index contributed by atoms with van der Waals surface area (Å²) >= 11 is 1.73. The Labute approximate surface area is 201 Å². The van der Waals surface area contributed by atoms with Crippen molar-refractivity contribution in [1.82, 2.24) is 25.5 Å². The van der Waals surface area contributed by atoms with Crippen molar-refractivity contribution in [2.45, 2.75) is 60.5 Å². The summed E-state index contributed by atoms with van der Waals surface area (Å²) in [5.41, 5.74) is 2.09. The molecule has 1 saturated heterocycles. The highest BCUT2D eigenvalue weighted by atomic mass is 127. The minimum Gasteiger partial charge on any atom is -0.444 e. The number of aliphatic imine (C=N–C) groups is 1. The van der Waals surface area contributed by atoms with Crippen molar-refractivity contribution in [2.75, 3.05) is 26.2 Å². The van der Waals surface area contributed by atoms with E-state index in [9.17, 15) is 0 Å². The summed E-state index contributed by atoms with van der Waals surface area (Å²) in [5.74, 6) is 3.33. The van der Waals surface area contributed by atoms with Gasteiger partial charge in [-0.1, -0.05) is 0 Å². The normalized spacial score (nSPS) is 15.8. The average molecular weight is 547 g/mol. The fourth-order valence-electron chi connectivity index (χ4n) is 3.60. The highest BCUT2D eigenvalue weighted by Crippen LogP contribution is 2.20. The summed E-state index contributed by atoms with van der Waals surface area (Å²) < 4.78 is 5.73. The summed E-state index contributed by atoms with van der Waals surface area (Å²) in [5, 5.41) is 8.00. The second-order valence-electron chi connectivity index (χ2n) is 7.79. The van der Waals surface area contributed by atoms with Gasteiger partial charge in [-0.25, -0.2) is 15.0 Å². The number of nitrogens with zero attached hydrogens (tertiary/aromatic N) is 4. The average Bonchev–Trinajstić information content (AvgIpc) is 3.18. The van der Waals surface area contributed by atoms with Crippen LogP contribution in [0.4, 0.5) is 0 Å². The highest BCUT2D eigenvalue weighted by Gasteiger charge is 2.21. The molecule has 2 aromatic rings. The van der Waals surface area contributed by atoms with Gasteiger partial charge in [0.05, 0.1) is 29.5 Å². The first-order valence-electron chi connectivity index (χ1n) is 10.5. The van der Waals surface area contributed by atoms with Crippen molar-refractivity contribution in [2.24, 2.45) is 10.9 Å². The molecule has 1 fully saturated rings. The molecule has 0 radical (unpaired) electrons. The van der Waals surface area contributed by atoms with E-state index in [4.69, 9.17) is 9.41 Å². The van der Waals surface area contributed by atoms with E-state index in [0.717, 1.165) is 66.7 Å². The van der Waals surface area contributed by atoms with Gasteiger partial charge in [-0.15, -0.1) is 35.3 Å². The van der Waals surface area contributed by atoms with Gasteiger partial charge in [-0.3, -0.25) is 4.90 Å². The maximum Gasteiger partial charge on any atom is 0.208 e. The van der Waals surface area contributed by atoms with Crippen molar-refractivity contribution in [3.63, 3.8) is 0 Å². The molecule has 3 heterocycles. The van der Waals surface area contributed by atoms with E-state index in [1.807, 2.05) is 20.8 Å². The fraction of sp³-hybridized carbons (Fsp3) is 0.667. The lowest BCUT2D eigenvalue weighted by Gasteiger charge is -2.31. The van der Waals surface area contributed by atoms with Gasteiger partial charge in [0.25, 0.3) is 0 Å². The van der Waals surface area contributed by atoms with Crippen LogP contribution in [-0.2, 0) is 13.1 Å². The molecule has 0 atom stereocenters. The number of hydrogen-bond donors (Lipinski definition) is 2. The molecule has 0 saturated carbocycles. The Morgan fingerprint density at radius 3 is 2.43 bits per heavy atom. The zero-order valence-corrected chi connectivity index (χ0v) is 21.9. The van der Waals surface area contributed by atoms with Crippen LogP contribution in [0.2, 0.25) is 0 Å². The Balaban J connectivity index is 0.00000320. The number of halogens is 1. The number of piperidine rings is 1. The first kappa shape index (κ1) is 25.1. The van der Waals surface area contributed by atoms with Crippen LogP contribution in [0, 0.1) is 33.6 Å². The predicted molar refractivity (Wildman–Crippen MR) is 134 cm³/mol. The molecule has 0 aromatic carbocycles. The minimum absolute atomic E-state index is 0. The van der Waals surface area contributed by atoms with E-state index in [-0.39, 0.29) is 24.0 Å². The standard InChI is InChI=1S/C21H34N6OS.HI/c1-6-22-21(24-12-19-15(3)25-17(5)29-19)23-11-18-7-9-27(10-8-18)13-20-26-14(2)16(4)28-20;/h18H,6-13H2,1-5H3,(H2,22,23,24);1H. The van der Waals surface area contributed by atoms with Gasteiger partial charge in [-0.05, 0) is 66.5 Å². The summed E-state index contributed by atoms with van der Waals surface area (Å²) in [6.45, 7) is 15.7. The van der Waals surface area contributed by atoms with Crippen molar-refractivity contribution < 1.29 is 4.42 Å². The van der Waals surface area contributed by atoms with E-state index in [1.54, 1.807) is 11.3 Å². The van der Waals surface area contributed by atoms with Crippen molar-refractivity contribution in [1.29, 1.82) is 0 Å². The van der Waals surface area contributed by atoms with Gasteiger partial charge in [0.15, 0.2) is 5.96 Å². The zero-order chi connectivity index (χ0) is 20.8. The van der Waals surface area contributed by atoms with Crippen LogP contribution in [-0.4, -0.2) is 47.0 Å². The van der Waals surface area contributed by atoms with Gasteiger partial charge < -0.3 is 15.1 Å².